The van der Waals surface area contributed by atoms with Gasteiger partial charge < -0.3 is 4.98 Å². The Morgan fingerprint density at radius 2 is 2.56 bits per heavy atom. The summed E-state index contributed by atoms with van der Waals surface area (Å²) in [5.41, 5.74) is 2.23. The van der Waals surface area contributed by atoms with Crippen LogP contribution in [0.1, 0.15) is 0 Å². The number of aromatic amines is 1. The molecule has 0 aliphatic carbocycles. The minimum atomic E-state index is -1.01. The normalized spacial score (nSPS) is 22.4. The third kappa shape index (κ3) is 0.564. The highest BCUT2D eigenvalue weighted by Crippen LogP contribution is 2.24. The molecule has 2 heterocycles. The van der Waals surface area contributed by atoms with E-state index in [9.17, 15) is 4.21 Å². The molecule has 0 aromatic carbocycles. The van der Waals surface area contributed by atoms with Crippen LogP contribution in [0.2, 0.25) is 0 Å². The molecule has 0 bridgehead atoms. The van der Waals surface area contributed by atoms with Gasteiger partial charge in [-0.1, -0.05) is 0 Å². The minimum Gasteiger partial charge on any atom is -0.352 e. The van der Waals surface area contributed by atoms with E-state index in [-0.39, 0.29) is 0 Å². The van der Waals surface area contributed by atoms with Gasteiger partial charge in [0.05, 0.1) is 11.2 Å². The molecule has 1 unspecified atom stereocenters. The van der Waals surface area contributed by atoms with Crippen molar-refractivity contribution in [3.05, 3.63) is 12.3 Å². The maximum absolute atomic E-state index is 10.9. The van der Waals surface area contributed by atoms with Crippen molar-refractivity contribution in [3.63, 3.8) is 0 Å². The molecule has 0 saturated carbocycles. The second kappa shape index (κ2) is 1.54. The highest BCUT2D eigenvalue weighted by Gasteiger charge is 2.13. The zero-order valence-corrected chi connectivity index (χ0v) is 5.31. The number of nitrogens with one attached hydrogen (secondary N) is 1. The van der Waals surface area contributed by atoms with Crippen molar-refractivity contribution in [1.29, 1.82) is 0 Å². The van der Waals surface area contributed by atoms with Gasteiger partial charge in [0.1, 0.15) is 15.8 Å². The molecule has 0 spiro atoms. The number of fused-ring (bicyclic) bond motifs is 1. The van der Waals surface area contributed by atoms with Crippen LogP contribution in [0.3, 0.4) is 0 Å². The molecule has 1 atom stereocenters. The molecule has 0 radical (unpaired) electrons. The summed E-state index contributed by atoms with van der Waals surface area (Å²) in [6.07, 6.45) is 1.74. The smallest absolute Gasteiger partial charge is 0.136 e. The van der Waals surface area contributed by atoms with Crippen LogP contribution < -0.4 is 0 Å². The lowest BCUT2D eigenvalue weighted by Gasteiger charge is -1.80. The third-order valence-electron chi connectivity index (χ3n) is 1.18. The number of rotatable bonds is 0. The van der Waals surface area contributed by atoms with Gasteiger partial charge in [0, 0.05) is 6.20 Å². The number of H-pyrrole nitrogens is 1. The standard InChI is InChI=1S/C5H4N2OS/c8-9-3-7-4-1-2-6-5(4)9/h1-3,6H. The molecule has 0 saturated heterocycles. The van der Waals surface area contributed by atoms with E-state index < -0.39 is 10.8 Å². The molecule has 1 aromatic heterocycles. The monoisotopic (exact) mass is 140 g/mol. The number of nitrogens with zero attached hydrogens (tertiary/aromatic N) is 1. The summed E-state index contributed by atoms with van der Waals surface area (Å²) >= 11 is 0. The van der Waals surface area contributed by atoms with Crippen molar-refractivity contribution in [3.8, 4) is 0 Å². The van der Waals surface area contributed by atoms with E-state index in [4.69, 9.17) is 0 Å². The van der Waals surface area contributed by atoms with Crippen LogP contribution in [-0.2, 0) is 10.8 Å². The first-order valence-electron chi connectivity index (χ1n) is 2.50. The molecule has 1 aliphatic rings. The average Bonchev–Trinajstić information content (AvgIpc) is 2.35. The van der Waals surface area contributed by atoms with E-state index in [1.165, 1.54) is 5.55 Å². The molecule has 0 fully saturated rings. The predicted octanol–water partition coefficient (Wildman–Crippen LogP) is 0.796. The van der Waals surface area contributed by atoms with Gasteiger partial charge in [0.25, 0.3) is 0 Å². The van der Waals surface area contributed by atoms with Gasteiger partial charge in [-0.05, 0) is 6.07 Å². The lowest BCUT2D eigenvalue weighted by molar-refractivity contribution is 0.689. The molecular formula is C5H4N2OS. The zero-order chi connectivity index (χ0) is 6.27. The maximum Gasteiger partial charge on any atom is 0.136 e. The quantitative estimate of drug-likeness (QED) is 0.569. The van der Waals surface area contributed by atoms with E-state index in [1.807, 2.05) is 0 Å². The summed E-state index contributed by atoms with van der Waals surface area (Å²) in [5, 5.41) is 0.718. The Morgan fingerprint density at radius 3 is 3.33 bits per heavy atom. The second-order valence-corrected chi connectivity index (χ2v) is 2.94. The Balaban J connectivity index is 2.73. The number of hydrogen-bond donors (Lipinski definition) is 1. The van der Waals surface area contributed by atoms with E-state index in [1.54, 1.807) is 12.3 Å². The Kier molecular flexibility index (Phi) is 0.843. The summed E-state index contributed by atoms with van der Waals surface area (Å²) in [4.78, 5) is 6.73. The van der Waals surface area contributed by atoms with Crippen LogP contribution in [0.4, 0.5) is 5.69 Å². The third-order valence-corrected chi connectivity index (χ3v) is 2.20. The van der Waals surface area contributed by atoms with Crippen LogP contribution in [-0.4, -0.2) is 14.7 Å². The molecular weight excluding hydrogens is 136 g/mol. The van der Waals surface area contributed by atoms with E-state index >= 15 is 0 Å². The molecule has 3 nitrogen and oxygen atoms in total. The lowest BCUT2D eigenvalue weighted by Crippen LogP contribution is -1.84. The Hall–Kier alpha value is -0.900. The molecule has 1 N–H and O–H groups in total. The van der Waals surface area contributed by atoms with Crippen molar-refractivity contribution in [1.82, 2.24) is 4.98 Å². The van der Waals surface area contributed by atoms with E-state index in [0.29, 0.717) is 0 Å². The van der Waals surface area contributed by atoms with Crippen molar-refractivity contribution < 1.29 is 4.21 Å². The fourth-order valence-corrected chi connectivity index (χ4v) is 1.59. The summed E-state index contributed by atoms with van der Waals surface area (Å²) in [6, 6.07) is 1.80. The summed E-state index contributed by atoms with van der Waals surface area (Å²) in [6.45, 7) is 0. The Labute approximate surface area is 54.3 Å². The van der Waals surface area contributed by atoms with Gasteiger partial charge in [0.2, 0.25) is 0 Å². The van der Waals surface area contributed by atoms with Gasteiger partial charge in [-0.15, -0.1) is 0 Å². The van der Waals surface area contributed by atoms with Crippen molar-refractivity contribution in [2.24, 2.45) is 4.99 Å². The molecule has 9 heavy (non-hydrogen) atoms. The summed E-state index contributed by atoms with van der Waals surface area (Å²) in [7, 11) is -1.01. The molecule has 2 rings (SSSR count). The Bertz CT molecular complexity index is 289. The average molecular weight is 140 g/mol. The van der Waals surface area contributed by atoms with E-state index in [2.05, 4.69) is 9.98 Å². The highest BCUT2D eigenvalue weighted by molar-refractivity contribution is 7.99. The van der Waals surface area contributed by atoms with Crippen LogP contribution in [0.5, 0.6) is 0 Å². The van der Waals surface area contributed by atoms with Gasteiger partial charge in [-0.25, -0.2) is 9.20 Å². The van der Waals surface area contributed by atoms with Crippen molar-refractivity contribution >= 4 is 22.0 Å². The maximum atomic E-state index is 10.9. The van der Waals surface area contributed by atoms with Gasteiger partial charge >= 0.3 is 0 Å². The molecule has 1 aliphatic heterocycles. The van der Waals surface area contributed by atoms with Crippen LogP contribution >= 0.6 is 0 Å². The van der Waals surface area contributed by atoms with Crippen LogP contribution in [0.15, 0.2) is 22.3 Å². The topological polar surface area (TPSA) is 45.2 Å². The Morgan fingerprint density at radius 1 is 1.67 bits per heavy atom. The number of aromatic nitrogens is 1. The largest absolute Gasteiger partial charge is 0.352 e. The van der Waals surface area contributed by atoms with Crippen LogP contribution in [0.25, 0.3) is 0 Å². The summed E-state index contributed by atoms with van der Waals surface area (Å²) in [5.74, 6) is 0. The molecule has 46 valence electrons. The first-order chi connectivity index (χ1) is 4.38. The van der Waals surface area contributed by atoms with Crippen molar-refractivity contribution in [2.75, 3.05) is 0 Å². The first-order valence-corrected chi connectivity index (χ1v) is 3.71. The lowest BCUT2D eigenvalue weighted by atomic mass is 10.6. The van der Waals surface area contributed by atoms with Crippen molar-refractivity contribution in [2.45, 2.75) is 5.03 Å². The number of aliphatic imine (C=N–C) groups is 1. The van der Waals surface area contributed by atoms with E-state index in [0.717, 1.165) is 10.7 Å². The van der Waals surface area contributed by atoms with Gasteiger partial charge in [-0.2, -0.15) is 0 Å². The van der Waals surface area contributed by atoms with Gasteiger partial charge in [-0.3, -0.25) is 0 Å². The zero-order valence-electron chi connectivity index (χ0n) is 4.50. The predicted molar refractivity (Wildman–Crippen MR) is 35.4 cm³/mol. The molecule has 1 aromatic rings. The fraction of sp³-hybridized carbons (Fsp3) is 0. The summed E-state index contributed by atoms with van der Waals surface area (Å²) < 4.78 is 10.9. The fourth-order valence-electron chi connectivity index (χ4n) is 0.766. The van der Waals surface area contributed by atoms with Crippen LogP contribution in [0, 0.1) is 0 Å². The molecule has 4 heteroatoms. The number of hydrogen-bond acceptors (Lipinski definition) is 2. The van der Waals surface area contributed by atoms with Gasteiger partial charge in [0.15, 0.2) is 0 Å². The first kappa shape index (κ1) is 4.93. The minimum absolute atomic E-state index is 0.718. The molecule has 0 amide bonds. The SMILES string of the molecule is O=S1C=Nc2cc[nH]c21. The second-order valence-electron chi connectivity index (χ2n) is 1.72. The highest BCUT2D eigenvalue weighted by atomic mass is 32.2.